The third-order valence-corrected chi connectivity index (χ3v) is 6.48. The molecule has 0 bridgehead atoms. The zero-order valence-corrected chi connectivity index (χ0v) is 16.8. The summed E-state index contributed by atoms with van der Waals surface area (Å²) in [5.74, 6) is 1.35. The van der Waals surface area contributed by atoms with Crippen LogP contribution in [0.5, 0.6) is 0 Å². The van der Waals surface area contributed by atoms with Gasteiger partial charge >= 0.3 is 6.09 Å². The van der Waals surface area contributed by atoms with Gasteiger partial charge in [-0.3, -0.25) is 4.90 Å². The number of amides is 1. The van der Waals surface area contributed by atoms with Gasteiger partial charge in [-0.15, -0.1) is 11.3 Å². The lowest BCUT2D eigenvalue weighted by molar-refractivity contribution is 0.177. The first-order valence-electron chi connectivity index (χ1n) is 9.57. The minimum Gasteiger partial charge on any atom is -0.447 e. The standard InChI is InChI=1S/C19H25N5O2S/c1-11(2)14-10-26-19(25)24(14)16-8-9-20-18(23-16)21-12(3)17-22-13-6-4-5-7-15(13)27-17/h8-9,11-12,14H,4-7,10H2,1-3H3,(H,20,21,23). The molecule has 2 atom stereocenters. The number of hydrogen-bond donors (Lipinski definition) is 1. The number of nitrogens with zero attached hydrogens (tertiary/aromatic N) is 4. The van der Waals surface area contributed by atoms with E-state index in [2.05, 4.69) is 36.1 Å². The highest BCUT2D eigenvalue weighted by Crippen LogP contribution is 2.31. The van der Waals surface area contributed by atoms with Gasteiger partial charge in [-0.25, -0.2) is 14.8 Å². The first-order valence-corrected chi connectivity index (χ1v) is 10.4. The molecule has 27 heavy (non-hydrogen) atoms. The summed E-state index contributed by atoms with van der Waals surface area (Å²) < 4.78 is 5.23. The number of rotatable bonds is 5. The number of hydrogen-bond acceptors (Lipinski definition) is 7. The molecule has 0 spiro atoms. The van der Waals surface area contributed by atoms with Crippen molar-refractivity contribution in [2.75, 3.05) is 16.8 Å². The van der Waals surface area contributed by atoms with Gasteiger partial charge in [-0.05, 0) is 44.6 Å². The van der Waals surface area contributed by atoms with Crippen LogP contribution in [0.4, 0.5) is 16.6 Å². The smallest absolute Gasteiger partial charge is 0.415 e. The zero-order valence-electron chi connectivity index (χ0n) is 15.9. The molecule has 1 aliphatic heterocycles. The van der Waals surface area contributed by atoms with Crippen molar-refractivity contribution in [1.29, 1.82) is 0 Å². The number of anilines is 2. The molecule has 8 heteroatoms. The molecule has 3 heterocycles. The monoisotopic (exact) mass is 387 g/mol. The molecule has 2 aliphatic rings. The van der Waals surface area contributed by atoms with Gasteiger partial charge in [0.05, 0.1) is 17.8 Å². The Morgan fingerprint density at radius 3 is 2.85 bits per heavy atom. The normalized spacial score (nSPS) is 20.5. The number of fused-ring (bicyclic) bond motifs is 1. The summed E-state index contributed by atoms with van der Waals surface area (Å²) >= 11 is 1.78. The maximum atomic E-state index is 12.2. The summed E-state index contributed by atoms with van der Waals surface area (Å²) in [4.78, 5) is 28.9. The highest BCUT2D eigenvalue weighted by atomic mass is 32.1. The van der Waals surface area contributed by atoms with Crippen molar-refractivity contribution in [3.8, 4) is 0 Å². The lowest BCUT2D eigenvalue weighted by Gasteiger charge is -2.23. The molecule has 144 valence electrons. The van der Waals surface area contributed by atoms with E-state index < -0.39 is 0 Å². The Kier molecular flexibility index (Phi) is 4.99. The van der Waals surface area contributed by atoms with Crippen LogP contribution in [-0.4, -0.2) is 33.7 Å². The SMILES string of the molecule is CC(Nc1nccc(N2C(=O)OCC2C(C)C)n1)c1nc2c(s1)CCCC2. The molecule has 1 aliphatic carbocycles. The van der Waals surface area contributed by atoms with Crippen molar-refractivity contribution in [2.24, 2.45) is 5.92 Å². The molecular weight excluding hydrogens is 362 g/mol. The number of nitrogens with one attached hydrogen (secondary N) is 1. The molecule has 0 aromatic carbocycles. The van der Waals surface area contributed by atoms with E-state index in [4.69, 9.17) is 9.72 Å². The fourth-order valence-corrected chi connectivity index (χ4v) is 4.71. The number of thiazole rings is 1. The van der Waals surface area contributed by atoms with Gasteiger partial charge in [0.15, 0.2) is 0 Å². The minimum absolute atomic E-state index is 0.0108. The minimum atomic E-state index is -0.348. The topological polar surface area (TPSA) is 80.2 Å². The van der Waals surface area contributed by atoms with Crippen LogP contribution in [0.1, 0.15) is 55.2 Å². The maximum absolute atomic E-state index is 12.2. The maximum Gasteiger partial charge on any atom is 0.415 e. The molecule has 2 aromatic heterocycles. The number of carbonyl (C=O) groups excluding carboxylic acids is 1. The summed E-state index contributed by atoms with van der Waals surface area (Å²) in [6.45, 7) is 6.62. The summed E-state index contributed by atoms with van der Waals surface area (Å²) in [6.07, 6.45) is 6.03. The molecule has 1 fully saturated rings. The van der Waals surface area contributed by atoms with Crippen LogP contribution in [0.3, 0.4) is 0 Å². The number of aromatic nitrogens is 3. The largest absolute Gasteiger partial charge is 0.447 e. The molecule has 1 amide bonds. The van der Waals surface area contributed by atoms with E-state index >= 15 is 0 Å². The second-order valence-corrected chi connectivity index (χ2v) is 8.61. The number of aryl methyl sites for hydroxylation is 2. The molecular formula is C19H25N5O2S. The van der Waals surface area contributed by atoms with Gasteiger partial charge in [-0.1, -0.05) is 13.8 Å². The van der Waals surface area contributed by atoms with Gasteiger partial charge in [-0.2, -0.15) is 4.98 Å². The van der Waals surface area contributed by atoms with Gasteiger partial charge in [0.2, 0.25) is 5.95 Å². The molecule has 4 rings (SSSR count). The average molecular weight is 388 g/mol. The lowest BCUT2D eigenvalue weighted by Crippen LogP contribution is -2.37. The summed E-state index contributed by atoms with van der Waals surface area (Å²) in [5.41, 5.74) is 1.25. The van der Waals surface area contributed by atoms with Crippen LogP contribution in [0, 0.1) is 5.92 Å². The Labute approximate surface area is 163 Å². The van der Waals surface area contributed by atoms with E-state index in [9.17, 15) is 4.79 Å². The van der Waals surface area contributed by atoms with Crippen molar-refractivity contribution < 1.29 is 9.53 Å². The lowest BCUT2D eigenvalue weighted by atomic mass is 10.0. The van der Waals surface area contributed by atoms with E-state index in [0.29, 0.717) is 18.4 Å². The number of cyclic esters (lactones) is 1. The third kappa shape index (κ3) is 3.63. The first kappa shape index (κ1) is 18.2. The van der Waals surface area contributed by atoms with Crippen molar-refractivity contribution in [2.45, 2.75) is 58.5 Å². The van der Waals surface area contributed by atoms with E-state index in [1.807, 2.05) is 0 Å². The Morgan fingerprint density at radius 2 is 2.07 bits per heavy atom. The van der Waals surface area contributed by atoms with Crippen molar-refractivity contribution in [3.05, 3.63) is 27.8 Å². The van der Waals surface area contributed by atoms with Crippen molar-refractivity contribution in [1.82, 2.24) is 15.0 Å². The van der Waals surface area contributed by atoms with Crippen molar-refractivity contribution in [3.63, 3.8) is 0 Å². The van der Waals surface area contributed by atoms with E-state index in [1.54, 1.807) is 28.5 Å². The summed E-state index contributed by atoms with van der Waals surface area (Å²) in [7, 11) is 0. The molecule has 2 aromatic rings. The van der Waals surface area contributed by atoms with Gasteiger partial charge < -0.3 is 10.1 Å². The molecule has 7 nitrogen and oxygen atoms in total. The predicted octanol–water partition coefficient (Wildman–Crippen LogP) is 3.97. The molecule has 0 saturated carbocycles. The summed E-state index contributed by atoms with van der Waals surface area (Å²) in [5, 5.41) is 4.40. The summed E-state index contributed by atoms with van der Waals surface area (Å²) in [6, 6.07) is 1.76. The van der Waals surface area contributed by atoms with Crippen LogP contribution >= 0.6 is 11.3 Å². The Hall–Kier alpha value is -2.22. The van der Waals surface area contributed by atoms with Crippen LogP contribution in [-0.2, 0) is 17.6 Å². The fraction of sp³-hybridized carbons (Fsp3) is 0.579. The van der Waals surface area contributed by atoms with Gasteiger partial charge in [0.1, 0.15) is 17.4 Å². The highest BCUT2D eigenvalue weighted by Gasteiger charge is 2.37. The second-order valence-electron chi connectivity index (χ2n) is 7.49. The first-order chi connectivity index (χ1) is 13.0. The number of carbonyl (C=O) groups is 1. The fourth-order valence-electron chi connectivity index (χ4n) is 3.56. The average Bonchev–Trinajstić information content (AvgIpc) is 3.25. The zero-order chi connectivity index (χ0) is 19.0. The molecule has 0 radical (unpaired) electrons. The second kappa shape index (κ2) is 7.42. The van der Waals surface area contributed by atoms with Gasteiger partial charge in [0, 0.05) is 11.1 Å². The van der Waals surface area contributed by atoms with Crippen LogP contribution in [0.25, 0.3) is 0 Å². The Bertz CT molecular complexity index is 814. The van der Waals surface area contributed by atoms with Crippen LogP contribution < -0.4 is 10.2 Å². The van der Waals surface area contributed by atoms with E-state index in [0.717, 1.165) is 17.8 Å². The van der Waals surface area contributed by atoms with Crippen LogP contribution in [0.15, 0.2) is 12.3 Å². The molecule has 2 unspecified atom stereocenters. The molecule has 1 N–H and O–H groups in total. The van der Waals surface area contributed by atoms with Crippen molar-refractivity contribution >= 4 is 29.2 Å². The Balaban J connectivity index is 1.52. The van der Waals surface area contributed by atoms with Crippen LogP contribution in [0.2, 0.25) is 0 Å². The van der Waals surface area contributed by atoms with E-state index in [1.165, 1.54) is 23.4 Å². The van der Waals surface area contributed by atoms with E-state index in [-0.39, 0.29) is 24.1 Å². The van der Waals surface area contributed by atoms with Gasteiger partial charge in [0.25, 0.3) is 0 Å². The predicted molar refractivity (Wildman–Crippen MR) is 105 cm³/mol. The Morgan fingerprint density at radius 1 is 1.26 bits per heavy atom. The quantitative estimate of drug-likeness (QED) is 0.836. The third-order valence-electron chi connectivity index (χ3n) is 5.14. The molecule has 1 saturated heterocycles. The number of ether oxygens (including phenoxy) is 1. The highest BCUT2D eigenvalue weighted by molar-refractivity contribution is 7.11.